The van der Waals surface area contributed by atoms with Crippen LogP contribution < -0.4 is 10.6 Å². The summed E-state index contributed by atoms with van der Waals surface area (Å²) in [7, 11) is 0. The third-order valence-electron chi connectivity index (χ3n) is 3.39. The summed E-state index contributed by atoms with van der Waals surface area (Å²) in [6.45, 7) is -0.335. The highest BCUT2D eigenvalue weighted by Gasteiger charge is 2.30. The number of carbonyl (C=O) groups excluding carboxylic acids is 2. The van der Waals surface area contributed by atoms with Gasteiger partial charge in [0.05, 0.1) is 11.7 Å². The van der Waals surface area contributed by atoms with Crippen LogP contribution in [-0.2, 0) is 15.8 Å². The molecule has 2 rings (SSSR count). The molecule has 5 nitrogen and oxygen atoms in total. The third kappa shape index (κ3) is 5.47. The topological polar surface area (TPSA) is 78.4 Å². The number of anilines is 1. The lowest BCUT2D eigenvalue weighted by Crippen LogP contribution is -2.37. The number of hydrogen-bond donors (Lipinski definition) is 3. The summed E-state index contributed by atoms with van der Waals surface area (Å²) >= 11 is 5.71. The molecule has 2 aromatic carbocycles. The number of rotatable bonds is 4. The van der Waals surface area contributed by atoms with Gasteiger partial charge in [0, 0.05) is 17.3 Å². The molecule has 9 heteroatoms. The van der Waals surface area contributed by atoms with Crippen molar-refractivity contribution in [2.75, 3.05) is 11.9 Å². The van der Waals surface area contributed by atoms with Gasteiger partial charge in [-0.15, -0.1) is 0 Å². The van der Waals surface area contributed by atoms with Gasteiger partial charge in [-0.05, 0) is 42.0 Å². The molecule has 2 amide bonds. The standard InChI is InChI=1S/C17H14ClF3N2O3/c18-12-5-7-13(8-6-12)23-16(26)15(25)22-9-14(24)10-1-3-11(4-2-10)17(19,20)21/h1-8,14,24H,9H2,(H,22,25)(H,23,26). The lowest BCUT2D eigenvalue weighted by molar-refractivity contribution is -0.137. The maximum atomic E-state index is 12.5. The summed E-state index contributed by atoms with van der Waals surface area (Å²) in [5.74, 6) is -1.95. The SMILES string of the molecule is O=C(NCC(O)c1ccc(C(F)(F)F)cc1)C(=O)Nc1ccc(Cl)cc1. The molecule has 26 heavy (non-hydrogen) atoms. The lowest BCUT2D eigenvalue weighted by Gasteiger charge is -2.13. The Morgan fingerprint density at radius 1 is 1.00 bits per heavy atom. The number of hydrogen-bond acceptors (Lipinski definition) is 3. The molecule has 0 saturated carbocycles. The van der Waals surface area contributed by atoms with Crippen LogP contribution in [0.15, 0.2) is 48.5 Å². The van der Waals surface area contributed by atoms with Crippen molar-refractivity contribution in [3.8, 4) is 0 Å². The van der Waals surface area contributed by atoms with Gasteiger partial charge < -0.3 is 15.7 Å². The molecule has 0 bridgehead atoms. The van der Waals surface area contributed by atoms with Crippen molar-refractivity contribution < 1.29 is 27.9 Å². The predicted octanol–water partition coefficient (Wildman–Crippen LogP) is 3.15. The molecule has 0 heterocycles. The summed E-state index contributed by atoms with van der Waals surface area (Å²) in [6.07, 6.45) is -5.73. The molecule has 1 atom stereocenters. The first-order valence-corrected chi connectivity index (χ1v) is 7.74. The number of nitrogens with one attached hydrogen (secondary N) is 2. The molecule has 1 unspecified atom stereocenters. The molecule has 0 saturated heterocycles. The highest BCUT2D eigenvalue weighted by molar-refractivity contribution is 6.39. The average Bonchev–Trinajstić information content (AvgIpc) is 2.60. The molecule has 0 fully saturated rings. The van der Waals surface area contributed by atoms with Crippen LogP contribution in [0, 0.1) is 0 Å². The van der Waals surface area contributed by atoms with E-state index in [0.717, 1.165) is 24.3 Å². The zero-order chi connectivity index (χ0) is 19.3. The van der Waals surface area contributed by atoms with Crippen molar-refractivity contribution in [1.82, 2.24) is 5.32 Å². The molecular weight excluding hydrogens is 373 g/mol. The lowest BCUT2D eigenvalue weighted by atomic mass is 10.1. The Labute approximate surface area is 151 Å². The first-order valence-electron chi connectivity index (χ1n) is 7.37. The minimum Gasteiger partial charge on any atom is -0.387 e. The highest BCUT2D eigenvalue weighted by Crippen LogP contribution is 2.29. The van der Waals surface area contributed by atoms with Crippen molar-refractivity contribution in [3.05, 3.63) is 64.7 Å². The van der Waals surface area contributed by atoms with Crippen LogP contribution in [0.3, 0.4) is 0 Å². The molecule has 138 valence electrons. The first kappa shape index (κ1) is 19.7. The van der Waals surface area contributed by atoms with Crippen LogP contribution in [0.25, 0.3) is 0 Å². The Bertz CT molecular complexity index is 777. The van der Waals surface area contributed by atoms with E-state index in [1.165, 1.54) is 24.3 Å². The van der Waals surface area contributed by atoms with Gasteiger partial charge in [-0.3, -0.25) is 9.59 Å². The maximum absolute atomic E-state index is 12.5. The molecule has 0 aliphatic rings. The smallest absolute Gasteiger partial charge is 0.387 e. The number of alkyl halides is 3. The van der Waals surface area contributed by atoms with Crippen molar-refractivity contribution in [2.45, 2.75) is 12.3 Å². The summed E-state index contributed by atoms with van der Waals surface area (Å²) in [5.41, 5.74) is -0.311. The zero-order valence-corrected chi connectivity index (χ0v) is 13.9. The van der Waals surface area contributed by atoms with Gasteiger partial charge in [0.1, 0.15) is 0 Å². The second-order valence-electron chi connectivity index (χ2n) is 5.31. The summed E-state index contributed by atoms with van der Waals surface area (Å²) in [6, 6.07) is 9.93. The molecular formula is C17H14ClF3N2O3. The van der Waals surface area contributed by atoms with Crippen molar-refractivity contribution >= 4 is 29.1 Å². The Morgan fingerprint density at radius 3 is 2.12 bits per heavy atom. The molecule has 0 radical (unpaired) electrons. The van der Waals surface area contributed by atoms with E-state index in [2.05, 4.69) is 10.6 Å². The monoisotopic (exact) mass is 386 g/mol. The summed E-state index contributed by atoms with van der Waals surface area (Å²) in [4.78, 5) is 23.5. The van der Waals surface area contributed by atoms with Crippen LogP contribution in [0.1, 0.15) is 17.2 Å². The van der Waals surface area contributed by atoms with Crippen molar-refractivity contribution in [1.29, 1.82) is 0 Å². The number of halogens is 4. The average molecular weight is 387 g/mol. The molecule has 0 aliphatic heterocycles. The normalized spacial score (nSPS) is 12.3. The van der Waals surface area contributed by atoms with E-state index in [9.17, 15) is 27.9 Å². The van der Waals surface area contributed by atoms with Crippen LogP contribution in [0.4, 0.5) is 18.9 Å². The second-order valence-corrected chi connectivity index (χ2v) is 5.74. The minimum absolute atomic E-state index is 0.177. The van der Waals surface area contributed by atoms with Gasteiger partial charge in [-0.1, -0.05) is 23.7 Å². The quantitative estimate of drug-likeness (QED) is 0.706. The third-order valence-corrected chi connectivity index (χ3v) is 3.64. The second kappa shape index (κ2) is 8.20. The predicted molar refractivity (Wildman–Crippen MR) is 89.5 cm³/mol. The van der Waals surface area contributed by atoms with Gasteiger partial charge >= 0.3 is 18.0 Å². The summed E-state index contributed by atoms with van der Waals surface area (Å²) in [5, 5.41) is 14.9. The van der Waals surface area contributed by atoms with Crippen molar-refractivity contribution in [2.24, 2.45) is 0 Å². The van der Waals surface area contributed by atoms with Gasteiger partial charge in [-0.25, -0.2) is 0 Å². The fraction of sp³-hybridized carbons (Fsp3) is 0.176. The molecule has 0 aromatic heterocycles. The fourth-order valence-electron chi connectivity index (χ4n) is 2.00. The Balaban J connectivity index is 1.87. The number of carbonyl (C=O) groups is 2. The van der Waals surface area contributed by atoms with Crippen molar-refractivity contribution in [3.63, 3.8) is 0 Å². The van der Waals surface area contributed by atoms with Gasteiger partial charge in [0.15, 0.2) is 0 Å². The molecule has 3 N–H and O–H groups in total. The number of benzene rings is 2. The highest BCUT2D eigenvalue weighted by atomic mass is 35.5. The van der Waals surface area contributed by atoms with Gasteiger partial charge in [-0.2, -0.15) is 13.2 Å². The number of aliphatic hydroxyl groups is 1. The van der Waals surface area contributed by atoms with E-state index in [1.807, 2.05) is 0 Å². The van der Waals surface area contributed by atoms with Crippen LogP contribution >= 0.6 is 11.6 Å². The zero-order valence-electron chi connectivity index (χ0n) is 13.2. The van der Waals surface area contributed by atoms with Crippen LogP contribution in [0.5, 0.6) is 0 Å². The van der Waals surface area contributed by atoms with E-state index in [0.29, 0.717) is 10.7 Å². The van der Waals surface area contributed by atoms with E-state index in [1.54, 1.807) is 0 Å². The van der Waals surface area contributed by atoms with E-state index >= 15 is 0 Å². The molecule has 0 spiro atoms. The first-order chi connectivity index (χ1) is 12.2. The van der Waals surface area contributed by atoms with Crippen LogP contribution in [0.2, 0.25) is 5.02 Å². The number of aliphatic hydroxyl groups excluding tert-OH is 1. The Kier molecular flexibility index (Phi) is 6.23. The Hall–Kier alpha value is -2.58. The van der Waals surface area contributed by atoms with E-state index in [4.69, 9.17) is 11.6 Å². The molecule has 2 aromatic rings. The van der Waals surface area contributed by atoms with E-state index < -0.39 is 29.7 Å². The minimum atomic E-state index is -4.47. The maximum Gasteiger partial charge on any atom is 0.416 e. The largest absolute Gasteiger partial charge is 0.416 e. The Morgan fingerprint density at radius 2 is 1.58 bits per heavy atom. The number of amides is 2. The van der Waals surface area contributed by atoms with Crippen LogP contribution in [-0.4, -0.2) is 23.5 Å². The fourth-order valence-corrected chi connectivity index (χ4v) is 2.13. The molecule has 0 aliphatic carbocycles. The summed E-state index contributed by atoms with van der Waals surface area (Å²) < 4.78 is 37.5. The van der Waals surface area contributed by atoms with E-state index in [-0.39, 0.29) is 12.1 Å². The van der Waals surface area contributed by atoms with Gasteiger partial charge in [0.25, 0.3) is 0 Å². The van der Waals surface area contributed by atoms with Gasteiger partial charge in [0.2, 0.25) is 0 Å².